The van der Waals surface area contributed by atoms with Crippen molar-refractivity contribution in [3.8, 4) is 5.75 Å². The van der Waals surface area contributed by atoms with Crippen LogP contribution >= 0.6 is 0 Å². The molecule has 2 N–H and O–H groups in total. The summed E-state index contributed by atoms with van der Waals surface area (Å²) in [6.45, 7) is 4.45. The van der Waals surface area contributed by atoms with Gasteiger partial charge in [-0.05, 0) is 49.9 Å². The Hall–Kier alpha value is -1.59. The second kappa shape index (κ2) is 8.15. The Morgan fingerprint density at radius 2 is 2.36 bits per heavy atom. The number of hydrogen-bond acceptors (Lipinski definition) is 4. The van der Waals surface area contributed by atoms with Crippen molar-refractivity contribution in [1.82, 2.24) is 10.2 Å². The van der Waals surface area contributed by atoms with Gasteiger partial charge in [0.2, 0.25) is 5.91 Å². The van der Waals surface area contributed by atoms with E-state index < -0.39 is 0 Å². The molecular weight excluding hydrogens is 280 g/mol. The van der Waals surface area contributed by atoms with Crippen LogP contribution in [0.1, 0.15) is 25.3 Å². The van der Waals surface area contributed by atoms with Gasteiger partial charge < -0.3 is 15.2 Å². The van der Waals surface area contributed by atoms with Crippen LogP contribution in [0, 0.1) is 5.92 Å². The molecule has 0 aliphatic carbocycles. The Bertz CT molecular complexity index is 491. The highest BCUT2D eigenvalue weighted by Crippen LogP contribution is 2.19. The van der Waals surface area contributed by atoms with Gasteiger partial charge in [0.05, 0.1) is 19.8 Å². The van der Waals surface area contributed by atoms with Crippen LogP contribution in [0.2, 0.25) is 0 Å². The number of ether oxygens (including phenoxy) is 1. The van der Waals surface area contributed by atoms with Gasteiger partial charge in [0.25, 0.3) is 0 Å². The molecular formula is C17H26N2O3. The van der Waals surface area contributed by atoms with Gasteiger partial charge in [0.1, 0.15) is 5.75 Å². The van der Waals surface area contributed by atoms with E-state index in [2.05, 4.69) is 10.2 Å². The fraction of sp³-hybridized carbons (Fsp3) is 0.588. The maximum atomic E-state index is 12.1. The number of benzene rings is 1. The minimum Gasteiger partial charge on any atom is -0.497 e. The molecule has 2 rings (SSSR count). The predicted molar refractivity (Wildman–Crippen MR) is 85.7 cm³/mol. The summed E-state index contributed by atoms with van der Waals surface area (Å²) >= 11 is 0. The fourth-order valence-corrected chi connectivity index (χ4v) is 2.87. The number of rotatable bonds is 6. The van der Waals surface area contributed by atoms with E-state index in [4.69, 9.17) is 4.74 Å². The second-order valence-corrected chi connectivity index (χ2v) is 6.01. The third kappa shape index (κ3) is 5.00. The number of methoxy groups -OCH3 is 1. The van der Waals surface area contributed by atoms with Gasteiger partial charge in [-0.15, -0.1) is 0 Å². The van der Waals surface area contributed by atoms with E-state index in [1.54, 1.807) is 7.11 Å². The highest BCUT2D eigenvalue weighted by Gasteiger charge is 2.24. The average Bonchev–Trinajstić information content (AvgIpc) is 2.53. The number of carbonyl (C=O) groups is 1. The first-order chi connectivity index (χ1) is 10.6. The van der Waals surface area contributed by atoms with Crippen LogP contribution in [0.5, 0.6) is 5.75 Å². The molecule has 1 heterocycles. The number of aliphatic hydroxyl groups is 1. The summed E-state index contributed by atoms with van der Waals surface area (Å²) in [6, 6.07) is 7.69. The zero-order valence-electron chi connectivity index (χ0n) is 13.4. The molecule has 1 fully saturated rings. The second-order valence-electron chi connectivity index (χ2n) is 6.01. The lowest BCUT2D eigenvalue weighted by Crippen LogP contribution is -2.44. The molecule has 1 saturated heterocycles. The molecule has 1 amide bonds. The molecule has 1 aromatic rings. The van der Waals surface area contributed by atoms with Gasteiger partial charge in [-0.3, -0.25) is 9.69 Å². The lowest BCUT2D eigenvalue weighted by Gasteiger charge is -2.33. The van der Waals surface area contributed by atoms with Crippen molar-refractivity contribution in [1.29, 1.82) is 0 Å². The minimum atomic E-state index is -0.303. The first kappa shape index (κ1) is 16.8. The molecule has 2 atom stereocenters. The van der Waals surface area contributed by atoms with Gasteiger partial charge in [-0.1, -0.05) is 12.1 Å². The summed E-state index contributed by atoms with van der Waals surface area (Å²) in [5.41, 5.74) is 1.02. The predicted octanol–water partition coefficient (Wildman–Crippen LogP) is 1.40. The number of amides is 1. The van der Waals surface area contributed by atoms with E-state index in [0.717, 1.165) is 37.2 Å². The van der Waals surface area contributed by atoms with Crippen molar-refractivity contribution in [2.45, 2.75) is 32.4 Å². The molecule has 122 valence electrons. The molecule has 0 radical (unpaired) electrons. The van der Waals surface area contributed by atoms with Gasteiger partial charge in [0, 0.05) is 13.1 Å². The number of piperidine rings is 1. The summed E-state index contributed by atoms with van der Waals surface area (Å²) in [5, 5.41) is 12.6. The maximum Gasteiger partial charge on any atom is 0.234 e. The van der Waals surface area contributed by atoms with Gasteiger partial charge in [0.15, 0.2) is 0 Å². The lowest BCUT2D eigenvalue weighted by molar-refractivity contribution is -0.123. The minimum absolute atomic E-state index is 0.0223. The molecule has 1 aliphatic rings. The van der Waals surface area contributed by atoms with Crippen LogP contribution in [-0.4, -0.2) is 48.8 Å². The van der Waals surface area contributed by atoms with Crippen molar-refractivity contribution < 1.29 is 14.6 Å². The maximum absolute atomic E-state index is 12.1. The zero-order chi connectivity index (χ0) is 15.9. The third-order valence-corrected chi connectivity index (χ3v) is 4.22. The molecule has 1 aliphatic heterocycles. The molecule has 2 unspecified atom stereocenters. The highest BCUT2D eigenvalue weighted by atomic mass is 16.5. The first-order valence-corrected chi connectivity index (χ1v) is 7.88. The standard InChI is InChI=1S/C17H26N2O3/c1-13(20)15-6-4-8-19(11-15)12-17(21)18-10-14-5-3-7-16(9-14)22-2/h3,5,7,9,13,15,20H,4,6,8,10-12H2,1-2H3,(H,18,21). The molecule has 0 bridgehead atoms. The van der Waals surface area contributed by atoms with Crippen molar-refractivity contribution in [3.63, 3.8) is 0 Å². The van der Waals surface area contributed by atoms with E-state index in [0.29, 0.717) is 13.1 Å². The topological polar surface area (TPSA) is 61.8 Å². The number of carbonyl (C=O) groups excluding carboxylic acids is 1. The van der Waals surface area contributed by atoms with Crippen molar-refractivity contribution >= 4 is 5.91 Å². The smallest absolute Gasteiger partial charge is 0.234 e. The molecule has 1 aromatic carbocycles. The molecule has 5 heteroatoms. The average molecular weight is 306 g/mol. The Balaban J connectivity index is 1.77. The molecule has 0 saturated carbocycles. The summed E-state index contributed by atoms with van der Waals surface area (Å²) in [5.74, 6) is 1.09. The summed E-state index contributed by atoms with van der Waals surface area (Å²) in [7, 11) is 1.63. The molecule has 22 heavy (non-hydrogen) atoms. The summed E-state index contributed by atoms with van der Waals surface area (Å²) in [6.07, 6.45) is 1.78. The third-order valence-electron chi connectivity index (χ3n) is 4.22. The van der Waals surface area contributed by atoms with Crippen molar-refractivity contribution in [2.24, 2.45) is 5.92 Å². The van der Waals surface area contributed by atoms with Crippen molar-refractivity contribution in [2.75, 3.05) is 26.7 Å². The number of hydrogen-bond donors (Lipinski definition) is 2. The normalized spacial score (nSPS) is 20.4. The van der Waals surface area contributed by atoms with E-state index >= 15 is 0 Å². The van der Waals surface area contributed by atoms with Gasteiger partial charge in [-0.2, -0.15) is 0 Å². The largest absolute Gasteiger partial charge is 0.497 e. The Morgan fingerprint density at radius 1 is 1.55 bits per heavy atom. The van der Waals surface area contributed by atoms with Crippen LogP contribution in [0.25, 0.3) is 0 Å². The summed E-state index contributed by atoms with van der Waals surface area (Å²) in [4.78, 5) is 14.2. The van der Waals surface area contributed by atoms with Crippen LogP contribution in [0.3, 0.4) is 0 Å². The number of aliphatic hydroxyl groups excluding tert-OH is 1. The van der Waals surface area contributed by atoms with E-state index in [9.17, 15) is 9.90 Å². The fourth-order valence-electron chi connectivity index (χ4n) is 2.87. The van der Waals surface area contributed by atoms with Gasteiger partial charge in [-0.25, -0.2) is 0 Å². The Labute approximate surface area is 132 Å². The Kier molecular flexibility index (Phi) is 6.21. The lowest BCUT2D eigenvalue weighted by atomic mass is 9.93. The molecule has 5 nitrogen and oxygen atoms in total. The van der Waals surface area contributed by atoms with Crippen LogP contribution in [-0.2, 0) is 11.3 Å². The zero-order valence-corrected chi connectivity index (χ0v) is 13.4. The highest BCUT2D eigenvalue weighted by molar-refractivity contribution is 5.78. The van der Waals surface area contributed by atoms with E-state index in [1.807, 2.05) is 31.2 Å². The monoisotopic (exact) mass is 306 g/mol. The van der Waals surface area contributed by atoms with Crippen LogP contribution in [0.4, 0.5) is 0 Å². The number of nitrogens with zero attached hydrogens (tertiary/aromatic N) is 1. The SMILES string of the molecule is COc1cccc(CNC(=O)CN2CCCC(C(C)O)C2)c1. The van der Waals surface area contributed by atoms with Crippen molar-refractivity contribution in [3.05, 3.63) is 29.8 Å². The quantitative estimate of drug-likeness (QED) is 0.834. The number of nitrogens with one attached hydrogen (secondary N) is 1. The first-order valence-electron chi connectivity index (χ1n) is 7.88. The molecule has 0 aromatic heterocycles. The van der Waals surface area contributed by atoms with E-state index in [-0.39, 0.29) is 17.9 Å². The van der Waals surface area contributed by atoms with Crippen LogP contribution < -0.4 is 10.1 Å². The number of likely N-dealkylation sites (tertiary alicyclic amines) is 1. The van der Waals surface area contributed by atoms with Crippen LogP contribution in [0.15, 0.2) is 24.3 Å². The summed E-state index contributed by atoms with van der Waals surface area (Å²) < 4.78 is 5.17. The molecule has 0 spiro atoms. The van der Waals surface area contributed by atoms with Gasteiger partial charge >= 0.3 is 0 Å². The Morgan fingerprint density at radius 3 is 3.09 bits per heavy atom. The van der Waals surface area contributed by atoms with E-state index in [1.165, 1.54) is 0 Å².